The van der Waals surface area contributed by atoms with E-state index < -0.39 is 0 Å². The van der Waals surface area contributed by atoms with Crippen molar-refractivity contribution in [2.75, 3.05) is 5.32 Å². The number of nitrogens with one attached hydrogen (secondary N) is 2. The monoisotopic (exact) mass is 624 g/mol. The minimum absolute atomic E-state index is 0.147. The molecule has 0 unspecified atom stereocenters. The molecule has 4 aromatic rings. The Kier molecular flexibility index (Phi) is 7.98. The van der Waals surface area contributed by atoms with Crippen molar-refractivity contribution in [1.29, 1.82) is 0 Å². The van der Waals surface area contributed by atoms with Gasteiger partial charge in [-0.3, -0.25) is 9.59 Å². The third-order valence-corrected chi connectivity index (χ3v) is 9.64. The molecule has 1 atom stereocenters. The lowest BCUT2D eigenvalue weighted by atomic mass is 9.72. The molecule has 10 heteroatoms. The number of aromatic amines is 1. The molecule has 0 fully saturated rings. The molecule has 2 N–H and O–H groups in total. The molecule has 0 spiro atoms. The first-order valence-corrected chi connectivity index (χ1v) is 15.1. The van der Waals surface area contributed by atoms with Crippen LogP contribution < -0.4 is 10.9 Å². The number of carbonyl (C=O) groups excluding carboxylic acids is 1. The molecule has 3 aromatic heterocycles. The lowest BCUT2D eigenvalue weighted by Gasteiger charge is -2.33. The molecule has 1 aliphatic rings. The van der Waals surface area contributed by atoms with Gasteiger partial charge in [0.25, 0.3) is 11.5 Å². The number of hydrogen-bond donors (Lipinski definition) is 2. The van der Waals surface area contributed by atoms with Crippen LogP contribution >= 0.6 is 39.0 Å². The highest BCUT2D eigenvalue weighted by molar-refractivity contribution is 9.10. The smallest absolute Gasteiger partial charge is 0.259 e. The summed E-state index contributed by atoms with van der Waals surface area (Å²) in [5, 5.41) is 4.71. The normalized spacial score (nSPS) is 15.5. The molecule has 0 bridgehead atoms. The first-order valence-electron chi connectivity index (χ1n) is 12.7. The molecular weight excluding hydrogens is 596 g/mol. The predicted molar refractivity (Wildman–Crippen MR) is 161 cm³/mol. The summed E-state index contributed by atoms with van der Waals surface area (Å²) in [4.78, 5) is 38.4. The van der Waals surface area contributed by atoms with E-state index in [1.54, 1.807) is 24.5 Å². The number of amides is 1. The van der Waals surface area contributed by atoms with E-state index in [1.165, 1.54) is 22.7 Å². The van der Waals surface area contributed by atoms with Gasteiger partial charge in [-0.05, 0) is 82.9 Å². The molecule has 1 amide bonds. The molecule has 39 heavy (non-hydrogen) atoms. The van der Waals surface area contributed by atoms with Crippen molar-refractivity contribution < 1.29 is 9.21 Å². The van der Waals surface area contributed by atoms with Gasteiger partial charge >= 0.3 is 0 Å². The van der Waals surface area contributed by atoms with Gasteiger partial charge in [-0.2, -0.15) is 0 Å². The SMILES string of the molecule is Cc1cc(=O)[nH]c(Sc2oc(C=Nc3sc4c(c3C(=O)Nc3ccccc3)CC[C@@H](C(C)(C)C)C4)cc2Br)n1. The van der Waals surface area contributed by atoms with Gasteiger partial charge in [-0.25, -0.2) is 9.98 Å². The molecule has 7 nitrogen and oxygen atoms in total. The number of rotatable bonds is 6. The topological polar surface area (TPSA) is 100 Å². The quantitative estimate of drug-likeness (QED) is 0.168. The van der Waals surface area contributed by atoms with Gasteiger partial charge in [0.05, 0.1) is 16.3 Å². The van der Waals surface area contributed by atoms with Crippen LogP contribution in [0.25, 0.3) is 0 Å². The Labute approximate surface area is 243 Å². The van der Waals surface area contributed by atoms with Crippen molar-refractivity contribution in [2.24, 2.45) is 16.3 Å². The van der Waals surface area contributed by atoms with Gasteiger partial charge in [-0.15, -0.1) is 11.3 Å². The van der Waals surface area contributed by atoms with Gasteiger partial charge in [0, 0.05) is 28.4 Å². The van der Waals surface area contributed by atoms with E-state index in [2.05, 4.69) is 52.0 Å². The van der Waals surface area contributed by atoms with E-state index in [0.29, 0.717) is 38.2 Å². The summed E-state index contributed by atoms with van der Waals surface area (Å²) >= 11 is 6.33. The molecule has 3 heterocycles. The number of benzene rings is 1. The van der Waals surface area contributed by atoms with Crippen LogP contribution in [0.1, 0.15) is 59.4 Å². The fourth-order valence-electron chi connectivity index (χ4n) is 4.66. The zero-order valence-corrected chi connectivity index (χ0v) is 25.4. The fourth-order valence-corrected chi connectivity index (χ4v) is 7.29. The van der Waals surface area contributed by atoms with E-state index in [4.69, 9.17) is 9.41 Å². The van der Waals surface area contributed by atoms with Crippen LogP contribution in [0, 0.1) is 18.3 Å². The number of H-pyrrole nitrogens is 1. The molecule has 0 radical (unpaired) electrons. The van der Waals surface area contributed by atoms with Crippen molar-refractivity contribution >= 4 is 61.8 Å². The Balaban J connectivity index is 1.45. The second-order valence-electron chi connectivity index (χ2n) is 10.6. The maximum absolute atomic E-state index is 13.5. The molecular formula is C29H29BrN4O3S2. The van der Waals surface area contributed by atoms with Crippen LogP contribution in [0.4, 0.5) is 10.7 Å². The number of para-hydroxylation sites is 1. The van der Waals surface area contributed by atoms with Crippen LogP contribution in [0.5, 0.6) is 0 Å². The number of aliphatic imine (C=N–C) groups is 1. The first-order chi connectivity index (χ1) is 18.6. The Hall–Kier alpha value is -2.95. The highest BCUT2D eigenvalue weighted by atomic mass is 79.9. The second-order valence-corrected chi connectivity index (χ2v) is 13.5. The van der Waals surface area contributed by atoms with Crippen molar-refractivity contribution in [3.63, 3.8) is 0 Å². The van der Waals surface area contributed by atoms with Crippen molar-refractivity contribution in [3.05, 3.63) is 84.7 Å². The molecule has 0 saturated heterocycles. The summed E-state index contributed by atoms with van der Waals surface area (Å²) in [5.74, 6) is 0.923. The fraction of sp³-hybridized carbons (Fsp3) is 0.310. The van der Waals surface area contributed by atoms with Gasteiger partial charge in [0.2, 0.25) is 0 Å². The van der Waals surface area contributed by atoms with Crippen LogP contribution in [-0.2, 0) is 12.8 Å². The molecule has 1 aromatic carbocycles. The third-order valence-electron chi connectivity index (χ3n) is 6.75. The Morgan fingerprint density at radius 2 is 2.05 bits per heavy atom. The number of thiophene rings is 1. The summed E-state index contributed by atoms with van der Waals surface area (Å²) in [6, 6.07) is 12.7. The number of aryl methyl sites for hydroxylation is 1. The Morgan fingerprint density at radius 1 is 1.28 bits per heavy atom. The van der Waals surface area contributed by atoms with Gasteiger partial charge < -0.3 is 14.7 Å². The minimum Gasteiger partial charge on any atom is -0.447 e. The molecule has 0 saturated carbocycles. The van der Waals surface area contributed by atoms with E-state index in [0.717, 1.165) is 35.0 Å². The number of anilines is 1. The van der Waals surface area contributed by atoms with E-state index in [1.807, 2.05) is 36.4 Å². The number of aromatic nitrogens is 2. The average molecular weight is 626 g/mol. The molecule has 5 rings (SSSR count). The van der Waals surface area contributed by atoms with Crippen molar-refractivity contribution in [3.8, 4) is 0 Å². The first kappa shape index (κ1) is 27.6. The van der Waals surface area contributed by atoms with Crippen LogP contribution in [0.3, 0.4) is 0 Å². The van der Waals surface area contributed by atoms with Crippen molar-refractivity contribution in [2.45, 2.75) is 57.2 Å². The number of hydrogen-bond acceptors (Lipinski definition) is 7. The largest absolute Gasteiger partial charge is 0.447 e. The summed E-state index contributed by atoms with van der Waals surface area (Å²) < 4.78 is 6.71. The highest BCUT2D eigenvalue weighted by Gasteiger charge is 2.33. The molecule has 202 valence electrons. The van der Waals surface area contributed by atoms with E-state index in [-0.39, 0.29) is 16.9 Å². The number of fused-ring (bicyclic) bond motifs is 1. The van der Waals surface area contributed by atoms with Crippen LogP contribution in [0.15, 0.2) is 71.4 Å². The molecule has 0 aliphatic heterocycles. The van der Waals surface area contributed by atoms with Crippen LogP contribution in [-0.4, -0.2) is 22.1 Å². The maximum atomic E-state index is 13.5. The second kappa shape index (κ2) is 11.3. The van der Waals surface area contributed by atoms with Gasteiger partial charge in [0.15, 0.2) is 10.2 Å². The Bertz CT molecular complexity index is 1600. The summed E-state index contributed by atoms with van der Waals surface area (Å²) in [7, 11) is 0. The summed E-state index contributed by atoms with van der Waals surface area (Å²) in [6.45, 7) is 8.62. The highest BCUT2D eigenvalue weighted by Crippen LogP contribution is 2.45. The summed E-state index contributed by atoms with van der Waals surface area (Å²) in [6.07, 6.45) is 4.48. The minimum atomic E-state index is -0.217. The van der Waals surface area contributed by atoms with Gasteiger partial charge in [0.1, 0.15) is 10.8 Å². The number of furan rings is 1. The third kappa shape index (κ3) is 6.45. The Morgan fingerprint density at radius 3 is 2.77 bits per heavy atom. The maximum Gasteiger partial charge on any atom is 0.259 e. The summed E-state index contributed by atoms with van der Waals surface area (Å²) in [5.41, 5.74) is 3.10. The number of halogens is 1. The number of nitrogens with zero attached hydrogens (tertiary/aromatic N) is 2. The average Bonchev–Trinajstić information content (AvgIpc) is 3.41. The lowest BCUT2D eigenvalue weighted by Crippen LogP contribution is -2.27. The zero-order chi connectivity index (χ0) is 27.7. The number of carbonyl (C=O) groups is 1. The predicted octanol–water partition coefficient (Wildman–Crippen LogP) is 7.80. The van der Waals surface area contributed by atoms with E-state index in [9.17, 15) is 9.59 Å². The van der Waals surface area contributed by atoms with Crippen molar-refractivity contribution in [1.82, 2.24) is 9.97 Å². The standard InChI is InChI=1S/C29H29BrN4O3S2/c1-16-12-23(35)34-28(32-16)39-27-21(30)14-19(37-27)15-31-26-24(25(36)33-18-8-6-5-7-9-18)20-11-10-17(29(2,3)4)13-22(20)38-26/h5-9,12,14-15,17H,10-11,13H2,1-4H3,(H,33,36)(H,32,34,35)/t17-/m1/s1. The lowest BCUT2D eigenvalue weighted by molar-refractivity contribution is 0.102. The molecule has 1 aliphatic carbocycles. The van der Waals surface area contributed by atoms with Gasteiger partial charge in [-0.1, -0.05) is 39.0 Å². The zero-order valence-electron chi connectivity index (χ0n) is 22.1. The van der Waals surface area contributed by atoms with Crippen LogP contribution in [0.2, 0.25) is 0 Å². The van der Waals surface area contributed by atoms with E-state index >= 15 is 0 Å².